The van der Waals surface area contributed by atoms with Gasteiger partial charge in [0.25, 0.3) is 5.91 Å². The summed E-state index contributed by atoms with van der Waals surface area (Å²) >= 11 is 0. The van der Waals surface area contributed by atoms with Crippen LogP contribution in [-0.4, -0.2) is 23.9 Å². The molecule has 126 valence electrons. The van der Waals surface area contributed by atoms with Crippen LogP contribution in [0.5, 0.6) is 5.75 Å². The Morgan fingerprint density at radius 1 is 1.21 bits per heavy atom. The minimum Gasteiger partial charge on any atom is -0.489 e. The van der Waals surface area contributed by atoms with Crippen LogP contribution in [0.3, 0.4) is 0 Å². The first kappa shape index (κ1) is 17.5. The van der Waals surface area contributed by atoms with E-state index in [1.54, 1.807) is 5.48 Å². The number of ether oxygens (including phenoxy) is 1. The first-order valence-electron chi connectivity index (χ1n) is 7.44. The van der Waals surface area contributed by atoms with E-state index in [0.717, 1.165) is 16.7 Å². The van der Waals surface area contributed by atoms with Crippen LogP contribution < -0.4 is 10.2 Å². The smallest absolute Gasteiger partial charge is 0.292 e. The van der Waals surface area contributed by atoms with Crippen molar-refractivity contribution in [2.24, 2.45) is 5.16 Å². The molecule has 0 aliphatic rings. The fourth-order valence-corrected chi connectivity index (χ4v) is 2.18. The van der Waals surface area contributed by atoms with Crippen molar-refractivity contribution in [2.75, 3.05) is 7.11 Å². The number of benzene rings is 2. The molecule has 2 aromatic rings. The average molecular weight is 328 g/mol. The molecule has 0 aliphatic carbocycles. The number of hydrogen-bond acceptors (Lipinski definition) is 5. The normalized spacial score (nSPS) is 11.0. The second-order valence-corrected chi connectivity index (χ2v) is 5.20. The largest absolute Gasteiger partial charge is 0.489 e. The molecule has 2 rings (SSSR count). The summed E-state index contributed by atoms with van der Waals surface area (Å²) in [6.07, 6.45) is 0.217. The van der Waals surface area contributed by atoms with Crippen LogP contribution >= 0.6 is 0 Å². The van der Waals surface area contributed by atoms with E-state index in [1.807, 2.05) is 55.5 Å². The zero-order valence-electron chi connectivity index (χ0n) is 13.7. The summed E-state index contributed by atoms with van der Waals surface area (Å²) in [6, 6.07) is 15.5. The number of amides is 1. The van der Waals surface area contributed by atoms with Gasteiger partial charge in [-0.2, -0.15) is 0 Å². The van der Waals surface area contributed by atoms with E-state index >= 15 is 0 Å². The molecule has 24 heavy (non-hydrogen) atoms. The van der Waals surface area contributed by atoms with E-state index < -0.39 is 5.91 Å². The Morgan fingerprint density at radius 3 is 2.62 bits per heavy atom. The fourth-order valence-electron chi connectivity index (χ4n) is 2.18. The maximum absolute atomic E-state index is 11.6. The molecule has 0 bridgehead atoms. The number of oxime groups is 1. The van der Waals surface area contributed by atoms with Crippen LogP contribution in [0, 0.1) is 6.92 Å². The third-order valence-corrected chi connectivity index (χ3v) is 3.49. The highest BCUT2D eigenvalue weighted by atomic mass is 16.6. The summed E-state index contributed by atoms with van der Waals surface area (Å²) in [7, 11) is 1.34. The van der Waals surface area contributed by atoms with Crippen LogP contribution in [0.2, 0.25) is 0 Å². The molecule has 1 amide bonds. The fraction of sp³-hybridized carbons (Fsp3) is 0.222. The van der Waals surface area contributed by atoms with Gasteiger partial charge in [-0.3, -0.25) is 10.0 Å². The number of hydrogen-bond donors (Lipinski definition) is 2. The Hall–Kier alpha value is -2.86. The van der Waals surface area contributed by atoms with Gasteiger partial charge in [0.05, 0.1) is 0 Å². The van der Waals surface area contributed by atoms with Crippen molar-refractivity contribution < 1.29 is 19.6 Å². The van der Waals surface area contributed by atoms with Gasteiger partial charge in [0.1, 0.15) is 19.5 Å². The van der Waals surface area contributed by atoms with Crippen molar-refractivity contribution in [3.8, 4) is 5.75 Å². The molecule has 0 atom stereocenters. The number of carbonyl (C=O) groups is 1. The molecule has 0 fully saturated rings. The molecule has 0 radical (unpaired) electrons. The minimum absolute atomic E-state index is 0.0725. The maximum atomic E-state index is 11.6. The van der Waals surface area contributed by atoms with E-state index in [4.69, 9.17) is 9.94 Å². The average Bonchev–Trinajstić information content (AvgIpc) is 2.62. The lowest BCUT2D eigenvalue weighted by Gasteiger charge is -2.11. The molecule has 6 heteroatoms. The third kappa shape index (κ3) is 4.82. The van der Waals surface area contributed by atoms with E-state index in [1.165, 1.54) is 7.11 Å². The highest BCUT2D eigenvalue weighted by molar-refractivity contribution is 6.38. The summed E-state index contributed by atoms with van der Waals surface area (Å²) < 4.78 is 5.80. The highest BCUT2D eigenvalue weighted by Crippen LogP contribution is 2.19. The van der Waals surface area contributed by atoms with Crippen molar-refractivity contribution >= 4 is 11.6 Å². The second-order valence-electron chi connectivity index (χ2n) is 5.20. The molecule has 0 aromatic heterocycles. The molecule has 0 aliphatic heterocycles. The molecule has 0 spiro atoms. The van der Waals surface area contributed by atoms with Crippen molar-refractivity contribution in [3.05, 3.63) is 65.2 Å². The lowest BCUT2D eigenvalue weighted by Crippen LogP contribution is -2.30. The van der Waals surface area contributed by atoms with Gasteiger partial charge in [0, 0.05) is 6.42 Å². The van der Waals surface area contributed by atoms with Gasteiger partial charge in [0.2, 0.25) is 0 Å². The second kappa shape index (κ2) is 8.69. The molecule has 2 N–H and O–H groups in total. The molecular formula is C18H20N2O4. The maximum Gasteiger partial charge on any atom is 0.292 e. The molecule has 0 saturated carbocycles. The summed E-state index contributed by atoms with van der Waals surface area (Å²) in [6.45, 7) is 2.39. The van der Waals surface area contributed by atoms with Crippen molar-refractivity contribution in [2.45, 2.75) is 20.0 Å². The summed E-state index contributed by atoms with van der Waals surface area (Å²) in [5.41, 5.74) is 4.56. The number of nitrogens with zero attached hydrogens (tertiary/aromatic N) is 1. The minimum atomic E-state index is -0.702. The van der Waals surface area contributed by atoms with E-state index in [9.17, 15) is 4.79 Å². The summed E-state index contributed by atoms with van der Waals surface area (Å²) in [4.78, 5) is 16.3. The van der Waals surface area contributed by atoms with Gasteiger partial charge >= 0.3 is 0 Å². The first-order valence-corrected chi connectivity index (χ1v) is 7.44. The Kier molecular flexibility index (Phi) is 6.33. The van der Waals surface area contributed by atoms with Crippen LogP contribution in [0.4, 0.5) is 0 Å². The standard InChI is InChI=1S/C18H20N2O4/c1-13-8-9-16(24-12-14-6-4-3-5-7-14)10-15(13)11-17(20-23-2)18(21)19-22/h3-10,22H,11-12H2,1-2H3,(H,19,21)/b20-17+. The molecular weight excluding hydrogens is 308 g/mol. The van der Waals surface area contributed by atoms with Gasteiger partial charge in [-0.15, -0.1) is 0 Å². The first-order chi connectivity index (χ1) is 11.6. The van der Waals surface area contributed by atoms with Crippen molar-refractivity contribution in [1.29, 1.82) is 0 Å². The van der Waals surface area contributed by atoms with Crippen molar-refractivity contribution in [1.82, 2.24) is 5.48 Å². The Labute approximate surface area is 140 Å². The molecule has 0 saturated heterocycles. The van der Waals surface area contributed by atoms with E-state index in [0.29, 0.717) is 12.4 Å². The van der Waals surface area contributed by atoms with E-state index in [2.05, 4.69) is 9.99 Å². The van der Waals surface area contributed by atoms with Gasteiger partial charge < -0.3 is 9.57 Å². The Bertz CT molecular complexity index is 714. The van der Waals surface area contributed by atoms with Crippen LogP contribution in [-0.2, 0) is 22.7 Å². The Balaban J connectivity index is 2.13. The number of carbonyl (C=O) groups excluding carboxylic acids is 1. The van der Waals surface area contributed by atoms with Gasteiger partial charge in [0.15, 0.2) is 5.71 Å². The zero-order chi connectivity index (χ0) is 17.4. The lowest BCUT2D eigenvalue weighted by atomic mass is 10.0. The third-order valence-electron chi connectivity index (χ3n) is 3.49. The molecule has 0 heterocycles. The van der Waals surface area contributed by atoms with E-state index in [-0.39, 0.29) is 12.1 Å². The molecule has 0 unspecified atom stereocenters. The Morgan fingerprint density at radius 2 is 1.96 bits per heavy atom. The van der Waals surface area contributed by atoms with Gasteiger partial charge in [-0.25, -0.2) is 5.48 Å². The van der Waals surface area contributed by atoms with Crippen LogP contribution in [0.1, 0.15) is 16.7 Å². The summed E-state index contributed by atoms with van der Waals surface area (Å²) in [5.74, 6) is -0.00696. The van der Waals surface area contributed by atoms with Crippen LogP contribution in [0.25, 0.3) is 0 Å². The van der Waals surface area contributed by atoms with Gasteiger partial charge in [-0.1, -0.05) is 41.6 Å². The SMILES string of the molecule is CO/N=C(\Cc1cc(OCc2ccccc2)ccc1C)C(=O)NO. The topological polar surface area (TPSA) is 80.2 Å². The monoisotopic (exact) mass is 328 g/mol. The number of aryl methyl sites for hydroxylation is 1. The predicted molar refractivity (Wildman–Crippen MR) is 90.0 cm³/mol. The zero-order valence-corrected chi connectivity index (χ0v) is 13.7. The molecule has 6 nitrogen and oxygen atoms in total. The van der Waals surface area contributed by atoms with Gasteiger partial charge in [-0.05, 0) is 35.7 Å². The highest BCUT2D eigenvalue weighted by Gasteiger charge is 2.14. The summed E-state index contributed by atoms with van der Waals surface area (Å²) in [5, 5.41) is 12.4. The van der Waals surface area contributed by atoms with Crippen molar-refractivity contribution in [3.63, 3.8) is 0 Å². The lowest BCUT2D eigenvalue weighted by molar-refractivity contribution is -0.122. The molecule has 2 aromatic carbocycles. The quantitative estimate of drug-likeness (QED) is 0.465. The number of nitrogens with one attached hydrogen (secondary N) is 1. The predicted octanol–water partition coefficient (Wildman–Crippen LogP) is 2.62. The number of rotatable bonds is 7. The van der Waals surface area contributed by atoms with Crippen LogP contribution in [0.15, 0.2) is 53.7 Å². The number of hydroxylamine groups is 1.